The Labute approximate surface area is 209 Å². The number of nitriles is 1. The summed E-state index contributed by atoms with van der Waals surface area (Å²) in [6.45, 7) is 2.81. The van der Waals surface area contributed by atoms with Crippen molar-refractivity contribution in [3.63, 3.8) is 0 Å². The van der Waals surface area contributed by atoms with Crippen LogP contribution in [0.5, 0.6) is 0 Å². The highest BCUT2D eigenvalue weighted by Crippen LogP contribution is 2.37. The lowest BCUT2D eigenvalue weighted by molar-refractivity contribution is -0.137. The molecule has 3 aliphatic rings. The number of anilines is 1. The molecule has 1 aromatic carbocycles. The summed E-state index contributed by atoms with van der Waals surface area (Å²) in [6.07, 6.45) is 4.47. The molecule has 0 spiro atoms. The van der Waals surface area contributed by atoms with Gasteiger partial charge in [0.15, 0.2) is 9.84 Å². The lowest BCUT2D eigenvalue weighted by atomic mass is 10.1. The fourth-order valence-electron chi connectivity index (χ4n) is 4.58. The fourth-order valence-corrected chi connectivity index (χ4v) is 6.81. The number of carboxylic acid groups (broad SMARTS) is 1. The van der Waals surface area contributed by atoms with Crippen molar-refractivity contribution in [2.45, 2.75) is 67.2 Å². The number of carbonyl (C=O) groups is 3. The topological polar surface area (TPSA) is 148 Å². The summed E-state index contributed by atoms with van der Waals surface area (Å²) in [4.78, 5) is 36.8. The van der Waals surface area contributed by atoms with Gasteiger partial charge in [0.2, 0.25) is 11.8 Å². The number of sulfone groups is 1. The summed E-state index contributed by atoms with van der Waals surface area (Å²) in [5.41, 5.74) is 0.0123. The van der Waals surface area contributed by atoms with Gasteiger partial charge in [0, 0.05) is 32.2 Å². The van der Waals surface area contributed by atoms with Crippen LogP contribution in [0.2, 0.25) is 5.02 Å². The number of benzene rings is 1. The minimum Gasteiger partial charge on any atom is -0.483 e. The minimum absolute atomic E-state index is 0.0187. The molecule has 190 valence electrons. The molecule has 35 heavy (non-hydrogen) atoms. The van der Waals surface area contributed by atoms with Gasteiger partial charge in [-0.25, -0.2) is 8.42 Å². The maximum absolute atomic E-state index is 13.4. The van der Waals surface area contributed by atoms with Crippen molar-refractivity contribution in [3.05, 3.63) is 23.2 Å². The second-order valence-electron chi connectivity index (χ2n) is 9.04. The van der Waals surface area contributed by atoms with Crippen LogP contribution in [-0.2, 0) is 24.2 Å². The van der Waals surface area contributed by atoms with Crippen LogP contribution in [0.4, 0.5) is 5.69 Å². The molecule has 0 bridgehead atoms. The molecule has 1 aliphatic carbocycles. The lowest BCUT2D eigenvalue weighted by Gasteiger charge is -2.29. The number of nitrogens with zero attached hydrogens (tertiary/aromatic N) is 3. The molecule has 0 unspecified atom stereocenters. The molecule has 10 nitrogen and oxygen atoms in total. The molecule has 2 heterocycles. The van der Waals surface area contributed by atoms with Gasteiger partial charge in [-0.2, -0.15) is 5.26 Å². The van der Waals surface area contributed by atoms with E-state index in [1.807, 2.05) is 0 Å². The third-order valence-electron chi connectivity index (χ3n) is 6.68. The summed E-state index contributed by atoms with van der Waals surface area (Å²) < 4.78 is 26.8. The number of amides is 2. The fraction of sp³-hybridized carbons (Fsp3) is 0.565. The van der Waals surface area contributed by atoms with E-state index >= 15 is 0 Å². The van der Waals surface area contributed by atoms with Crippen molar-refractivity contribution in [1.29, 1.82) is 5.26 Å². The zero-order chi connectivity index (χ0) is 25.8. The SMILES string of the molecule is CC(=O)N1C[C@H](S(=O)(=O)c2ccc(N3CCCCC3)cc2Cl)C[C@H]1C(=O)NC1(C#N)CC1.O=CO. The monoisotopic (exact) mass is 524 g/mol. The van der Waals surface area contributed by atoms with E-state index in [-0.39, 0.29) is 35.3 Å². The van der Waals surface area contributed by atoms with Crippen LogP contribution < -0.4 is 10.2 Å². The first-order valence-corrected chi connectivity index (χ1v) is 13.4. The Morgan fingerprint density at radius 1 is 1.26 bits per heavy atom. The molecule has 2 aliphatic heterocycles. The maximum Gasteiger partial charge on any atom is 0.290 e. The third-order valence-corrected chi connectivity index (χ3v) is 9.29. The van der Waals surface area contributed by atoms with Crippen LogP contribution in [0.3, 0.4) is 0 Å². The molecule has 2 atom stereocenters. The Balaban J connectivity index is 0.00000108. The van der Waals surface area contributed by atoms with Crippen LogP contribution in [0.25, 0.3) is 0 Å². The highest BCUT2D eigenvalue weighted by molar-refractivity contribution is 7.92. The normalized spacial score (nSPS) is 22.9. The Kier molecular flexibility index (Phi) is 8.28. The Bertz CT molecular complexity index is 1130. The predicted molar refractivity (Wildman–Crippen MR) is 129 cm³/mol. The van der Waals surface area contributed by atoms with E-state index in [9.17, 15) is 23.3 Å². The number of hydrogen-bond acceptors (Lipinski definition) is 7. The van der Waals surface area contributed by atoms with E-state index in [4.69, 9.17) is 21.5 Å². The molecular formula is C23H29ClN4O6S. The molecule has 2 amide bonds. The van der Waals surface area contributed by atoms with Gasteiger partial charge in [0.25, 0.3) is 6.47 Å². The molecule has 2 saturated heterocycles. The average Bonchev–Trinajstić information content (AvgIpc) is 3.44. The second-order valence-corrected chi connectivity index (χ2v) is 11.6. The van der Waals surface area contributed by atoms with E-state index in [0.717, 1.165) is 31.6 Å². The molecule has 1 aromatic rings. The van der Waals surface area contributed by atoms with Gasteiger partial charge in [-0.05, 0) is 56.7 Å². The van der Waals surface area contributed by atoms with Gasteiger partial charge < -0.3 is 20.2 Å². The molecule has 2 N–H and O–H groups in total. The van der Waals surface area contributed by atoms with Crippen molar-refractivity contribution >= 4 is 45.4 Å². The van der Waals surface area contributed by atoms with Gasteiger partial charge in [-0.3, -0.25) is 14.4 Å². The van der Waals surface area contributed by atoms with Crippen LogP contribution in [0.1, 0.15) is 45.4 Å². The highest BCUT2D eigenvalue weighted by Gasteiger charge is 2.50. The number of rotatable bonds is 5. The minimum atomic E-state index is -3.87. The zero-order valence-electron chi connectivity index (χ0n) is 19.4. The van der Waals surface area contributed by atoms with Gasteiger partial charge in [0.1, 0.15) is 11.6 Å². The van der Waals surface area contributed by atoms with Crippen LogP contribution in [0.15, 0.2) is 23.1 Å². The largest absolute Gasteiger partial charge is 0.483 e. The Morgan fingerprint density at radius 2 is 1.89 bits per heavy atom. The molecule has 1 saturated carbocycles. The van der Waals surface area contributed by atoms with E-state index in [1.165, 1.54) is 24.3 Å². The number of hydrogen-bond donors (Lipinski definition) is 2. The van der Waals surface area contributed by atoms with Crippen molar-refractivity contribution < 1.29 is 27.9 Å². The van der Waals surface area contributed by atoms with Gasteiger partial charge in [-0.1, -0.05) is 11.6 Å². The average molecular weight is 525 g/mol. The standard InChI is InChI=1S/C22H27ClN4O4S.CH2O2/c1-15(28)27-13-17(12-19(27)21(29)25-22(14-24)7-8-22)32(30,31)20-6-5-16(11-18(20)23)26-9-3-2-4-10-26;2-1-3/h5-6,11,17,19H,2-4,7-10,12-13H2,1H3,(H,25,29);1H,(H,2,3)/t17-,19+;/m1./s1. The van der Waals surface area contributed by atoms with Crippen molar-refractivity contribution in [3.8, 4) is 6.07 Å². The van der Waals surface area contributed by atoms with E-state index in [2.05, 4.69) is 16.3 Å². The van der Waals surface area contributed by atoms with E-state index in [1.54, 1.807) is 12.1 Å². The molecular weight excluding hydrogens is 496 g/mol. The van der Waals surface area contributed by atoms with Crippen LogP contribution >= 0.6 is 11.6 Å². The number of carbonyl (C=O) groups excluding carboxylic acids is 2. The smallest absolute Gasteiger partial charge is 0.290 e. The van der Waals surface area contributed by atoms with Crippen LogP contribution in [-0.4, -0.2) is 73.2 Å². The predicted octanol–water partition coefficient (Wildman–Crippen LogP) is 1.97. The molecule has 3 fully saturated rings. The quantitative estimate of drug-likeness (QED) is 0.555. The van der Waals surface area contributed by atoms with Crippen molar-refractivity contribution in [2.24, 2.45) is 0 Å². The second kappa shape index (κ2) is 10.8. The lowest BCUT2D eigenvalue weighted by Crippen LogP contribution is -2.48. The van der Waals surface area contributed by atoms with Gasteiger partial charge in [-0.15, -0.1) is 0 Å². The number of nitrogens with one attached hydrogen (secondary N) is 1. The first-order chi connectivity index (χ1) is 16.6. The number of halogens is 1. The number of likely N-dealkylation sites (tertiary alicyclic amines) is 1. The summed E-state index contributed by atoms with van der Waals surface area (Å²) >= 11 is 6.42. The third kappa shape index (κ3) is 5.87. The maximum atomic E-state index is 13.4. The van der Waals surface area contributed by atoms with Gasteiger partial charge in [0.05, 0.1) is 21.2 Å². The Hall–Kier alpha value is -2.84. The molecule has 0 radical (unpaired) electrons. The number of piperidine rings is 1. The first kappa shape index (κ1) is 26.8. The zero-order valence-corrected chi connectivity index (χ0v) is 21.0. The van der Waals surface area contributed by atoms with Crippen LogP contribution in [0, 0.1) is 11.3 Å². The summed E-state index contributed by atoms with van der Waals surface area (Å²) in [7, 11) is -3.87. The van der Waals surface area contributed by atoms with E-state index < -0.39 is 32.6 Å². The van der Waals surface area contributed by atoms with Crippen molar-refractivity contribution in [2.75, 3.05) is 24.5 Å². The molecule has 12 heteroatoms. The van der Waals surface area contributed by atoms with Gasteiger partial charge >= 0.3 is 0 Å². The summed E-state index contributed by atoms with van der Waals surface area (Å²) in [5.74, 6) is -0.861. The van der Waals surface area contributed by atoms with Crippen molar-refractivity contribution in [1.82, 2.24) is 10.2 Å². The van der Waals surface area contributed by atoms with E-state index in [0.29, 0.717) is 12.8 Å². The summed E-state index contributed by atoms with van der Waals surface area (Å²) in [5, 5.41) is 18.0. The summed E-state index contributed by atoms with van der Waals surface area (Å²) in [6, 6.07) is 6.15. The molecule has 0 aromatic heterocycles. The Morgan fingerprint density at radius 3 is 2.40 bits per heavy atom. The highest BCUT2D eigenvalue weighted by atomic mass is 35.5. The first-order valence-electron chi connectivity index (χ1n) is 11.5. The molecule has 4 rings (SSSR count).